The Hall–Kier alpha value is -0.920. The molecule has 0 aromatic carbocycles. The van der Waals surface area contributed by atoms with E-state index in [2.05, 4.69) is 6.58 Å². The molecule has 2 heteroatoms. The number of rotatable bonds is 2. The average molecular weight is 164 g/mol. The fourth-order valence-electron chi connectivity index (χ4n) is 2.33. The van der Waals surface area contributed by atoms with E-state index in [1.807, 2.05) is 0 Å². The third kappa shape index (κ3) is 0.701. The molecule has 2 saturated carbocycles. The molecule has 0 aromatic heterocycles. The first kappa shape index (κ1) is 7.71. The summed E-state index contributed by atoms with van der Waals surface area (Å²) in [6.45, 7) is 5.30. The Morgan fingerprint density at radius 3 is 2.67 bits per heavy atom. The van der Waals surface area contributed by atoms with E-state index < -0.39 is 5.41 Å². The first-order chi connectivity index (χ1) is 5.59. The third-order valence-electron chi connectivity index (χ3n) is 3.12. The molecule has 0 aliphatic heterocycles. The summed E-state index contributed by atoms with van der Waals surface area (Å²) in [7, 11) is 0. The van der Waals surface area contributed by atoms with E-state index in [0.717, 1.165) is 12.8 Å². The molecule has 0 radical (unpaired) electrons. The van der Waals surface area contributed by atoms with E-state index in [9.17, 15) is 9.59 Å². The molecule has 0 heterocycles. The van der Waals surface area contributed by atoms with Gasteiger partial charge in [0.1, 0.15) is 5.78 Å². The Bertz CT molecular complexity index is 290. The topological polar surface area (TPSA) is 34.1 Å². The van der Waals surface area contributed by atoms with Crippen molar-refractivity contribution in [2.45, 2.75) is 26.2 Å². The lowest BCUT2D eigenvalue weighted by atomic mass is 9.92. The molecule has 2 atom stereocenters. The second-order valence-corrected chi connectivity index (χ2v) is 3.94. The molecule has 0 N–H and O–H groups in total. The van der Waals surface area contributed by atoms with Crippen LogP contribution in [-0.4, -0.2) is 11.6 Å². The minimum atomic E-state index is -0.578. The van der Waals surface area contributed by atoms with E-state index >= 15 is 0 Å². The van der Waals surface area contributed by atoms with Gasteiger partial charge in [-0.3, -0.25) is 9.59 Å². The van der Waals surface area contributed by atoms with Gasteiger partial charge in [0.15, 0.2) is 5.78 Å². The molecule has 2 nitrogen and oxygen atoms in total. The minimum Gasteiger partial charge on any atom is -0.299 e. The third-order valence-corrected chi connectivity index (χ3v) is 3.12. The van der Waals surface area contributed by atoms with Crippen molar-refractivity contribution in [3.63, 3.8) is 0 Å². The zero-order valence-electron chi connectivity index (χ0n) is 7.22. The normalized spacial score (nSPS) is 37.8. The van der Waals surface area contributed by atoms with Crippen molar-refractivity contribution >= 4 is 11.6 Å². The quantitative estimate of drug-likeness (QED) is 0.458. The highest BCUT2D eigenvalue weighted by Gasteiger charge is 2.67. The fourth-order valence-corrected chi connectivity index (χ4v) is 2.33. The maximum atomic E-state index is 11.6. The second-order valence-electron chi connectivity index (χ2n) is 3.94. The monoisotopic (exact) mass is 164 g/mol. The van der Waals surface area contributed by atoms with Crippen molar-refractivity contribution < 1.29 is 9.59 Å². The molecule has 0 unspecified atom stereocenters. The Morgan fingerprint density at radius 1 is 1.67 bits per heavy atom. The van der Waals surface area contributed by atoms with E-state index in [0.29, 0.717) is 17.9 Å². The van der Waals surface area contributed by atoms with Gasteiger partial charge in [0.2, 0.25) is 0 Å². The maximum Gasteiger partial charge on any atom is 0.171 e. The summed E-state index contributed by atoms with van der Waals surface area (Å²) in [6.07, 6.45) is 2.30. The van der Waals surface area contributed by atoms with Crippen molar-refractivity contribution in [2.75, 3.05) is 0 Å². The molecule has 2 aliphatic carbocycles. The molecule has 0 aromatic rings. The number of hydrogen-bond acceptors (Lipinski definition) is 2. The zero-order valence-corrected chi connectivity index (χ0v) is 7.22. The number of carbonyl (C=O) groups excluding carboxylic acids is 2. The largest absolute Gasteiger partial charge is 0.299 e. The molecule has 0 spiro atoms. The van der Waals surface area contributed by atoms with Crippen molar-refractivity contribution in [1.29, 1.82) is 0 Å². The summed E-state index contributed by atoms with van der Waals surface area (Å²) < 4.78 is 0. The standard InChI is InChI=1S/C10H12O2/c1-6(2)9(12)10-5-7(10)3-4-8(10)11/h7H,1,3-5H2,2H3/t7-,10-/m0/s1. The van der Waals surface area contributed by atoms with Crippen LogP contribution in [0.2, 0.25) is 0 Å². The zero-order chi connectivity index (χ0) is 8.93. The molecule has 0 bridgehead atoms. The fraction of sp³-hybridized carbons (Fsp3) is 0.600. The first-order valence-electron chi connectivity index (χ1n) is 4.32. The van der Waals surface area contributed by atoms with Gasteiger partial charge >= 0.3 is 0 Å². The molecule has 2 fully saturated rings. The van der Waals surface area contributed by atoms with Gasteiger partial charge in [0.25, 0.3) is 0 Å². The second kappa shape index (κ2) is 2.06. The number of allylic oxidation sites excluding steroid dienone is 1. The lowest BCUT2D eigenvalue weighted by molar-refractivity contribution is -0.131. The molecule has 0 saturated heterocycles. The summed E-state index contributed by atoms with van der Waals surface area (Å²) in [6, 6.07) is 0. The number of carbonyl (C=O) groups is 2. The van der Waals surface area contributed by atoms with Gasteiger partial charge in [0, 0.05) is 6.42 Å². The SMILES string of the molecule is C=C(C)C(=O)[C@@]12C[C@@H]1CCC2=O. The minimum absolute atomic E-state index is 0.00463. The van der Waals surface area contributed by atoms with Crippen LogP contribution in [0.5, 0.6) is 0 Å². The summed E-state index contributed by atoms with van der Waals surface area (Å²) in [5.74, 6) is 0.504. The number of fused-ring (bicyclic) bond motifs is 1. The predicted octanol–water partition coefficient (Wildman–Crippen LogP) is 1.50. The molecule has 2 aliphatic rings. The van der Waals surface area contributed by atoms with Gasteiger partial charge in [-0.05, 0) is 31.3 Å². The van der Waals surface area contributed by atoms with Crippen molar-refractivity contribution in [1.82, 2.24) is 0 Å². The lowest BCUT2D eigenvalue weighted by Crippen LogP contribution is -2.24. The lowest BCUT2D eigenvalue weighted by Gasteiger charge is -2.07. The van der Waals surface area contributed by atoms with E-state index in [-0.39, 0.29) is 11.6 Å². The maximum absolute atomic E-state index is 11.6. The van der Waals surface area contributed by atoms with Crippen LogP contribution < -0.4 is 0 Å². The number of Topliss-reactive ketones (excluding diaryl/α,β-unsaturated/α-hetero) is 2. The van der Waals surface area contributed by atoms with Crippen LogP contribution in [0.15, 0.2) is 12.2 Å². The highest BCUT2D eigenvalue weighted by atomic mass is 16.2. The Labute approximate surface area is 71.6 Å². The van der Waals surface area contributed by atoms with Crippen LogP contribution in [0.4, 0.5) is 0 Å². The van der Waals surface area contributed by atoms with Crippen LogP contribution in [0.25, 0.3) is 0 Å². The Kier molecular flexibility index (Phi) is 1.33. The van der Waals surface area contributed by atoms with Crippen LogP contribution in [0.3, 0.4) is 0 Å². The van der Waals surface area contributed by atoms with Gasteiger partial charge < -0.3 is 0 Å². The molecular formula is C10H12O2. The molecule has 64 valence electrons. The van der Waals surface area contributed by atoms with Crippen LogP contribution in [-0.2, 0) is 9.59 Å². The summed E-state index contributed by atoms with van der Waals surface area (Å²) >= 11 is 0. The average Bonchev–Trinajstić information content (AvgIpc) is 2.67. The van der Waals surface area contributed by atoms with Gasteiger partial charge in [-0.25, -0.2) is 0 Å². The van der Waals surface area contributed by atoms with Gasteiger partial charge in [0.05, 0.1) is 5.41 Å². The summed E-state index contributed by atoms with van der Waals surface area (Å²) in [5.41, 5.74) is -0.0426. The molecule has 0 amide bonds. The van der Waals surface area contributed by atoms with Crippen LogP contribution >= 0.6 is 0 Å². The molecule has 2 rings (SSSR count). The van der Waals surface area contributed by atoms with Gasteiger partial charge in [-0.1, -0.05) is 6.58 Å². The predicted molar refractivity (Wildman–Crippen MR) is 44.6 cm³/mol. The van der Waals surface area contributed by atoms with Crippen LogP contribution in [0.1, 0.15) is 26.2 Å². The summed E-state index contributed by atoms with van der Waals surface area (Å²) in [5, 5.41) is 0. The van der Waals surface area contributed by atoms with E-state index in [4.69, 9.17) is 0 Å². The molecular weight excluding hydrogens is 152 g/mol. The van der Waals surface area contributed by atoms with Crippen LogP contribution in [0, 0.1) is 11.3 Å². The van der Waals surface area contributed by atoms with Crippen molar-refractivity contribution in [2.24, 2.45) is 11.3 Å². The van der Waals surface area contributed by atoms with Gasteiger partial charge in [-0.15, -0.1) is 0 Å². The molecule has 12 heavy (non-hydrogen) atoms. The first-order valence-corrected chi connectivity index (χ1v) is 4.32. The number of hydrogen-bond donors (Lipinski definition) is 0. The smallest absolute Gasteiger partial charge is 0.171 e. The van der Waals surface area contributed by atoms with Crippen molar-refractivity contribution in [3.05, 3.63) is 12.2 Å². The number of ketones is 2. The van der Waals surface area contributed by atoms with Crippen molar-refractivity contribution in [3.8, 4) is 0 Å². The summed E-state index contributed by atoms with van der Waals surface area (Å²) in [4.78, 5) is 23.0. The Balaban J connectivity index is 2.29. The van der Waals surface area contributed by atoms with Gasteiger partial charge in [-0.2, -0.15) is 0 Å². The highest BCUT2D eigenvalue weighted by Crippen LogP contribution is 2.62. The highest BCUT2D eigenvalue weighted by molar-refractivity contribution is 6.17. The van der Waals surface area contributed by atoms with E-state index in [1.165, 1.54) is 0 Å². The Morgan fingerprint density at radius 2 is 2.33 bits per heavy atom. The van der Waals surface area contributed by atoms with E-state index in [1.54, 1.807) is 6.92 Å².